The average Bonchev–Trinajstić information content (AvgIpc) is 3.32. The van der Waals surface area contributed by atoms with Gasteiger partial charge in [-0.2, -0.15) is 0 Å². The van der Waals surface area contributed by atoms with Gasteiger partial charge in [0.15, 0.2) is 37.7 Å². The van der Waals surface area contributed by atoms with Gasteiger partial charge in [-0.15, -0.1) is 0 Å². The first-order valence-corrected chi connectivity index (χ1v) is 22.0. The van der Waals surface area contributed by atoms with Crippen molar-refractivity contribution in [3.8, 4) is 0 Å². The van der Waals surface area contributed by atoms with Gasteiger partial charge < -0.3 is 149 Å². The van der Waals surface area contributed by atoms with E-state index in [4.69, 9.17) is 52.1 Å². The van der Waals surface area contributed by atoms with Gasteiger partial charge in [-0.3, -0.25) is 4.79 Å². The van der Waals surface area contributed by atoms with Crippen molar-refractivity contribution in [1.82, 2.24) is 5.32 Å². The van der Waals surface area contributed by atoms with Crippen molar-refractivity contribution in [2.24, 2.45) is 0 Å². The Kier molecular flexibility index (Phi) is 19.8. The maximum Gasteiger partial charge on any atom is 0.217 e. The number of rotatable bonds is 16. The predicted octanol–water partition coefficient (Wildman–Crippen LogP) is -12.9. The molecule has 30 atom stereocenters. The highest BCUT2D eigenvalue weighted by Gasteiger charge is 2.58. The van der Waals surface area contributed by atoms with Gasteiger partial charge in [0.2, 0.25) is 5.91 Å². The van der Waals surface area contributed by atoms with Crippen LogP contribution in [0.3, 0.4) is 0 Å². The molecule has 0 aromatic carbocycles. The van der Waals surface area contributed by atoms with Crippen LogP contribution in [0.15, 0.2) is 0 Å². The van der Waals surface area contributed by atoms with Crippen molar-refractivity contribution in [3.05, 3.63) is 0 Å². The van der Waals surface area contributed by atoms with Crippen LogP contribution in [0.5, 0.6) is 0 Å². The molecular formula is C38H65NO30. The minimum Gasteiger partial charge on any atom is -0.394 e. The van der Waals surface area contributed by atoms with E-state index < -0.39 is 223 Å². The summed E-state index contributed by atoms with van der Waals surface area (Å²) in [6, 6.07) is -1.79. The van der Waals surface area contributed by atoms with Crippen LogP contribution in [0.1, 0.15) is 13.8 Å². The van der Waals surface area contributed by atoms with Crippen LogP contribution in [0.2, 0.25) is 0 Å². The maximum absolute atomic E-state index is 12.7. The first kappa shape index (κ1) is 56.6. The van der Waals surface area contributed by atoms with Crippen LogP contribution in [0, 0.1) is 0 Å². The molecule has 6 fully saturated rings. The van der Waals surface area contributed by atoms with Crippen molar-refractivity contribution in [2.45, 2.75) is 198 Å². The fourth-order valence-electron chi connectivity index (χ4n) is 8.84. The van der Waals surface area contributed by atoms with E-state index in [9.17, 15) is 96.7 Å². The van der Waals surface area contributed by atoms with Gasteiger partial charge in [0.1, 0.15) is 140 Å². The lowest BCUT2D eigenvalue weighted by molar-refractivity contribution is -0.393. The van der Waals surface area contributed by atoms with Crippen molar-refractivity contribution in [2.75, 3.05) is 33.0 Å². The molecule has 31 nitrogen and oxygen atoms in total. The average molecular weight is 1020 g/mol. The summed E-state index contributed by atoms with van der Waals surface area (Å²) in [5.74, 6) is -0.863. The van der Waals surface area contributed by atoms with Crippen LogP contribution in [0.25, 0.3) is 0 Å². The lowest BCUT2D eigenvalue weighted by Crippen LogP contribution is -2.70. The Bertz CT molecular complexity index is 1610. The number of amides is 1. The SMILES string of the molecule is CC(=O)N[C@H]1C(O[C@@H]2OC(CO)[C@H](O)C(O)[C@@H]2O[C@@H]2OC(C)[C@@H](O)[C@H](O)C2O)[C@@H](O)C(CO)O[C@H]1O[C@@H]1C(O)[C@@H](O[C@H]2C(CO)O[C@@H](O[C@@H]3C(CO)O[C@@H](O)[C@@H](O)C3O)C(O)C2O)OC(CO)[C@@H]1O. The van der Waals surface area contributed by atoms with Gasteiger partial charge >= 0.3 is 0 Å². The summed E-state index contributed by atoms with van der Waals surface area (Å²) in [7, 11) is 0. The van der Waals surface area contributed by atoms with Crippen molar-refractivity contribution >= 4 is 5.91 Å². The number of hydrogen-bond acceptors (Lipinski definition) is 30. The van der Waals surface area contributed by atoms with Crippen LogP contribution < -0.4 is 5.32 Å². The fourth-order valence-corrected chi connectivity index (χ4v) is 8.84. The molecule has 6 heterocycles. The lowest BCUT2D eigenvalue weighted by atomic mass is 9.94. The third-order valence-electron chi connectivity index (χ3n) is 12.8. The highest BCUT2D eigenvalue weighted by atomic mass is 16.8. The van der Waals surface area contributed by atoms with Gasteiger partial charge in [0.25, 0.3) is 0 Å². The predicted molar refractivity (Wildman–Crippen MR) is 209 cm³/mol. The van der Waals surface area contributed by atoms with E-state index in [1.54, 1.807) is 0 Å². The smallest absolute Gasteiger partial charge is 0.217 e. The van der Waals surface area contributed by atoms with Gasteiger partial charge in [-0.25, -0.2) is 0 Å². The number of carbonyl (C=O) groups is 1. The highest BCUT2D eigenvalue weighted by Crippen LogP contribution is 2.37. The standard InChI is InChI=1S/C38H65NO30/c1-8-16(46)20(50)25(55)35(59-8)69-32-21(51)17(47)10(3-40)63-38(32)67-30-15(39-9(2)45)34(61-11(4-41)18(30)48)68-31-19(49)12(5-42)62-37(27(31)57)66-29-14(7-44)64-36(26(56)23(29)53)65-28-13(6-43)60-33(58)24(54)22(28)52/h8,10-38,40-44,46-58H,3-7H2,1-2H3,(H,39,45)/t8?,10?,11?,12?,13?,14?,15-,16+,17-,18-,19-,20-,21?,22?,23?,24-,25?,26?,27?,28+,29-,30?,31-,32-,33+,34-,35-,36-,37+,38-/m0/s1. The van der Waals surface area contributed by atoms with Gasteiger partial charge in [0, 0.05) is 6.92 Å². The number of aliphatic hydroxyl groups is 18. The van der Waals surface area contributed by atoms with Gasteiger partial charge in [0.05, 0.1) is 39.1 Å². The molecule has 0 aliphatic carbocycles. The fraction of sp³-hybridized carbons (Fsp3) is 0.974. The van der Waals surface area contributed by atoms with E-state index in [0.717, 1.165) is 6.92 Å². The lowest BCUT2D eigenvalue weighted by Gasteiger charge is -2.51. The first-order valence-electron chi connectivity index (χ1n) is 22.0. The summed E-state index contributed by atoms with van der Waals surface area (Å²) >= 11 is 0. The second kappa shape index (κ2) is 24.1. The number of aliphatic hydroxyl groups excluding tert-OH is 18. The van der Waals surface area contributed by atoms with Gasteiger partial charge in [-0.05, 0) is 6.92 Å². The van der Waals surface area contributed by atoms with Crippen LogP contribution in [-0.4, -0.2) is 315 Å². The molecule has 6 rings (SSSR count). The van der Waals surface area contributed by atoms with E-state index in [0.29, 0.717) is 0 Å². The summed E-state index contributed by atoms with van der Waals surface area (Å²) in [4.78, 5) is 12.7. The quantitative estimate of drug-likeness (QED) is 0.0682. The Morgan fingerprint density at radius 1 is 0.377 bits per heavy atom. The molecule has 6 aliphatic heterocycles. The zero-order chi connectivity index (χ0) is 50.9. The second-order valence-electron chi connectivity index (χ2n) is 17.5. The number of hydrogen-bond donors (Lipinski definition) is 19. The normalized spacial score (nSPS) is 52.1. The van der Waals surface area contributed by atoms with Crippen LogP contribution in [0.4, 0.5) is 0 Å². The number of ether oxygens (including phenoxy) is 11. The van der Waals surface area contributed by atoms with Crippen molar-refractivity contribution in [3.63, 3.8) is 0 Å². The maximum atomic E-state index is 12.7. The molecule has 0 saturated carbocycles. The molecule has 6 aliphatic rings. The minimum atomic E-state index is -2.21. The summed E-state index contributed by atoms with van der Waals surface area (Å²) in [6.07, 6.45) is -54.3. The van der Waals surface area contributed by atoms with Crippen LogP contribution in [-0.2, 0) is 56.9 Å². The third-order valence-corrected chi connectivity index (χ3v) is 12.8. The Morgan fingerprint density at radius 2 is 0.768 bits per heavy atom. The Morgan fingerprint density at radius 3 is 1.33 bits per heavy atom. The van der Waals surface area contributed by atoms with Gasteiger partial charge in [-0.1, -0.05) is 0 Å². The van der Waals surface area contributed by atoms with E-state index in [2.05, 4.69) is 5.32 Å². The molecule has 13 unspecified atom stereocenters. The highest BCUT2D eigenvalue weighted by molar-refractivity contribution is 5.73. The Hall–Kier alpha value is -1.69. The molecule has 402 valence electrons. The molecule has 0 bridgehead atoms. The first-order chi connectivity index (χ1) is 32.6. The van der Waals surface area contributed by atoms with E-state index in [-0.39, 0.29) is 0 Å². The molecule has 69 heavy (non-hydrogen) atoms. The third kappa shape index (κ3) is 11.8. The molecule has 0 aromatic heterocycles. The molecule has 19 N–H and O–H groups in total. The summed E-state index contributed by atoms with van der Waals surface area (Å²) in [6.45, 7) is -2.55. The van der Waals surface area contributed by atoms with E-state index in [1.807, 2.05) is 0 Å². The van der Waals surface area contributed by atoms with E-state index in [1.165, 1.54) is 6.92 Å². The largest absolute Gasteiger partial charge is 0.394 e. The Balaban J connectivity index is 1.23. The summed E-state index contributed by atoms with van der Waals surface area (Å²) < 4.78 is 62.4. The van der Waals surface area contributed by atoms with Crippen molar-refractivity contribution < 1.29 is 149 Å². The molecular weight excluding hydrogens is 950 g/mol. The van der Waals surface area contributed by atoms with E-state index >= 15 is 0 Å². The topological polar surface area (TPSA) is 495 Å². The summed E-state index contributed by atoms with van der Waals surface area (Å²) in [5, 5.41) is 194. The molecule has 31 heteroatoms. The molecule has 0 spiro atoms. The molecule has 6 saturated heterocycles. The zero-order valence-electron chi connectivity index (χ0n) is 36.8. The van der Waals surface area contributed by atoms with Crippen LogP contribution >= 0.6 is 0 Å². The Labute approximate surface area is 390 Å². The summed E-state index contributed by atoms with van der Waals surface area (Å²) in [5.41, 5.74) is 0. The molecule has 0 radical (unpaired) electrons. The number of carbonyl (C=O) groups excluding carboxylic acids is 1. The van der Waals surface area contributed by atoms with Crippen molar-refractivity contribution in [1.29, 1.82) is 0 Å². The zero-order valence-corrected chi connectivity index (χ0v) is 36.8. The second-order valence-corrected chi connectivity index (χ2v) is 17.5. The molecule has 0 aromatic rings. The monoisotopic (exact) mass is 1020 g/mol. The number of nitrogens with one attached hydrogen (secondary N) is 1. The minimum absolute atomic E-state index is 0.863. The molecule has 1 amide bonds.